The molecular formula is C15H19N3S. The Balaban J connectivity index is 2.00. The molecule has 3 rings (SSSR count). The van der Waals surface area contributed by atoms with E-state index in [4.69, 9.17) is 5.73 Å². The number of nitrogens with two attached hydrogens (primary N) is 1. The molecule has 2 unspecified atom stereocenters. The molecule has 4 heteroatoms. The molecule has 2 atom stereocenters. The Bertz CT molecular complexity index is 576. The number of thiazole rings is 1. The second kappa shape index (κ2) is 4.94. The van der Waals surface area contributed by atoms with Gasteiger partial charge in [-0.05, 0) is 30.9 Å². The summed E-state index contributed by atoms with van der Waals surface area (Å²) in [5.41, 5.74) is 9.60. The number of hydrogen-bond acceptors (Lipinski definition) is 4. The molecule has 19 heavy (non-hydrogen) atoms. The van der Waals surface area contributed by atoms with Crippen LogP contribution in [0.25, 0.3) is 0 Å². The monoisotopic (exact) mass is 273 g/mol. The fraction of sp³-hybridized carbons (Fsp3) is 0.400. The van der Waals surface area contributed by atoms with Crippen molar-refractivity contribution in [3.8, 4) is 0 Å². The van der Waals surface area contributed by atoms with E-state index in [1.165, 1.54) is 11.3 Å². The Hall–Kier alpha value is -1.39. The third-order valence-corrected chi connectivity index (χ3v) is 4.43. The van der Waals surface area contributed by atoms with Crippen LogP contribution in [0.3, 0.4) is 0 Å². The van der Waals surface area contributed by atoms with Gasteiger partial charge in [-0.1, -0.05) is 25.1 Å². The lowest BCUT2D eigenvalue weighted by atomic mass is 9.94. The highest BCUT2D eigenvalue weighted by Gasteiger charge is 2.24. The van der Waals surface area contributed by atoms with Crippen LogP contribution in [0.1, 0.15) is 31.1 Å². The van der Waals surface area contributed by atoms with Gasteiger partial charge in [-0.15, -0.1) is 11.3 Å². The van der Waals surface area contributed by atoms with E-state index in [0.29, 0.717) is 5.92 Å². The largest absolute Gasteiger partial charge is 0.323 e. The first-order valence-electron chi connectivity index (χ1n) is 6.71. The molecule has 0 amide bonds. The number of fused-ring (bicyclic) bond motifs is 1. The fourth-order valence-electron chi connectivity index (χ4n) is 2.59. The van der Waals surface area contributed by atoms with Gasteiger partial charge in [-0.3, -0.25) is 0 Å². The van der Waals surface area contributed by atoms with E-state index >= 15 is 0 Å². The normalized spacial score (nSPS) is 20.2. The molecule has 0 bridgehead atoms. The Morgan fingerprint density at radius 3 is 2.95 bits per heavy atom. The van der Waals surface area contributed by atoms with Crippen molar-refractivity contribution in [2.24, 2.45) is 11.7 Å². The highest BCUT2D eigenvalue weighted by atomic mass is 32.1. The number of aromatic nitrogens is 1. The summed E-state index contributed by atoms with van der Waals surface area (Å²) in [6, 6.07) is 8.63. The van der Waals surface area contributed by atoms with Gasteiger partial charge in [0, 0.05) is 23.7 Å². The fourth-order valence-corrected chi connectivity index (χ4v) is 3.54. The summed E-state index contributed by atoms with van der Waals surface area (Å²) in [5.74, 6) is 0.651. The number of anilines is 2. The van der Waals surface area contributed by atoms with Gasteiger partial charge in [0.2, 0.25) is 0 Å². The van der Waals surface area contributed by atoms with Crippen LogP contribution >= 0.6 is 11.3 Å². The molecule has 1 aliphatic heterocycles. The Morgan fingerprint density at radius 1 is 1.42 bits per heavy atom. The molecule has 0 spiro atoms. The van der Waals surface area contributed by atoms with Gasteiger partial charge in [0.25, 0.3) is 0 Å². The van der Waals surface area contributed by atoms with Crippen LogP contribution in [0.2, 0.25) is 0 Å². The molecule has 1 aromatic heterocycles. The van der Waals surface area contributed by atoms with Gasteiger partial charge < -0.3 is 10.6 Å². The molecular weight excluding hydrogens is 254 g/mol. The lowest BCUT2D eigenvalue weighted by Gasteiger charge is -2.32. The molecule has 100 valence electrons. The smallest absolute Gasteiger partial charge is 0.190 e. The number of para-hydroxylation sites is 1. The van der Waals surface area contributed by atoms with E-state index in [1.54, 1.807) is 11.3 Å². The van der Waals surface area contributed by atoms with Gasteiger partial charge in [-0.25, -0.2) is 4.98 Å². The van der Waals surface area contributed by atoms with Crippen molar-refractivity contribution >= 4 is 22.2 Å². The first-order chi connectivity index (χ1) is 9.15. The second-order valence-electron chi connectivity index (χ2n) is 5.39. The third-order valence-electron chi connectivity index (χ3n) is 3.55. The first-order valence-corrected chi connectivity index (χ1v) is 7.59. The Kier molecular flexibility index (Phi) is 3.29. The average molecular weight is 273 g/mol. The highest BCUT2D eigenvalue weighted by Crippen LogP contribution is 2.37. The molecule has 0 radical (unpaired) electrons. The van der Waals surface area contributed by atoms with Crippen molar-refractivity contribution in [1.82, 2.24) is 4.98 Å². The van der Waals surface area contributed by atoms with E-state index in [9.17, 15) is 0 Å². The van der Waals surface area contributed by atoms with Gasteiger partial charge in [0.05, 0.1) is 5.69 Å². The van der Waals surface area contributed by atoms with Crippen molar-refractivity contribution in [1.29, 1.82) is 0 Å². The maximum atomic E-state index is 5.90. The SMILES string of the molecule is CC1Cc2ccccc2N(c2nc(C(C)N)cs2)C1. The van der Waals surface area contributed by atoms with Crippen LogP contribution in [-0.2, 0) is 6.42 Å². The van der Waals surface area contributed by atoms with Crippen LogP contribution in [0, 0.1) is 5.92 Å². The van der Waals surface area contributed by atoms with Crippen molar-refractivity contribution in [2.45, 2.75) is 26.3 Å². The highest BCUT2D eigenvalue weighted by molar-refractivity contribution is 7.13. The van der Waals surface area contributed by atoms with Crippen LogP contribution < -0.4 is 10.6 Å². The van der Waals surface area contributed by atoms with E-state index in [1.807, 2.05) is 6.92 Å². The number of nitrogens with zero attached hydrogens (tertiary/aromatic N) is 2. The van der Waals surface area contributed by atoms with Crippen LogP contribution in [0.4, 0.5) is 10.8 Å². The van der Waals surface area contributed by atoms with E-state index in [0.717, 1.165) is 23.8 Å². The summed E-state index contributed by atoms with van der Waals surface area (Å²) in [6.07, 6.45) is 1.15. The van der Waals surface area contributed by atoms with Crippen molar-refractivity contribution in [3.63, 3.8) is 0 Å². The zero-order chi connectivity index (χ0) is 13.4. The van der Waals surface area contributed by atoms with Gasteiger partial charge in [0.1, 0.15) is 0 Å². The molecule has 3 nitrogen and oxygen atoms in total. The minimum atomic E-state index is 0.00228. The van der Waals surface area contributed by atoms with Gasteiger partial charge >= 0.3 is 0 Å². The molecule has 0 saturated carbocycles. The summed E-state index contributed by atoms with van der Waals surface area (Å²) < 4.78 is 0. The number of rotatable bonds is 2. The molecule has 1 aliphatic rings. The summed E-state index contributed by atoms with van der Waals surface area (Å²) in [4.78, 5) is 7.02. The molecule has 0 aliphatic carbocycles. The minimum absolute atomic E-state index is 0.00228. The lowest BCUT2D eigenvalue weighted by molar-refractivity contribution is 0.561. The number of hydrogen-bond donors (Lipinski definition) is 1. The molecule has 0 saturated heterocycles. The zero-order valence-electron chi connectivity index (χ0n) is 11.3. The maximum absolute atomic E-state index is 5.90. The number of benzene rings is 1. The molecule has 1 aromatic carbocycles. The van der Waals surface area contributed by atoms with Gasteiger partial charge in [-0.2, -0.15) is 0 Å². The molecule has 2 aromatic rings. The summed E-state index contributed by atoms with van der Waals surface area (Å²) in [5, 5.41) is 3.13. The van der Waals surface area contributed by atoms with Crippen molar-refractivity contribution < 1.29 is 0 Å². The van der Waals surface area contributed by atoms with Crippen LogP contribution in [0.15, 0.2) is 29.6 Å². The second-order valence-corrected chi connectivity index (χ2v) is 6.23. The maximum Gasteiger partial charge on any atom is 0.190 e. The average Bonchev–Trinajstić information content (AvgIpc) is 2.87. The quantitative estimate of drug-likeness (QED) is 0.910. The van der Waals surface area contributed by atoms with E-state index in [2.05, 4.69) is 46.5 Å². The third kappa shape index (κ3) is 2.38. The first kappa shape index (κ1) is 12.6. The van der Waals surface area contributed by atoms with Crippen LogP contribution in [-0.4, -0.2) is 11.5 Å². The van der Waals surface area contributed by atoms with E-state index < -0.39 is 0 Å². The van der Waals surface area contributed by atoms with E-state index in [-0.39, 0.29) is 6.04 Å². The van der Waals surface area contributed by atoms with Gasteiger partial charge in [0.15, 0.2) is 5.13 Å². The van der Waals surface area contributed by atoms with Crippen molar-refractivity contribution in [3.05, 3.63) is 40.9 Å². The predicted molar refractivity (Wildman–Crippen MR) is 81.0 cm³/mol. The summed E-state index contributed by atoms with van der Waals surface area (Å²) >= 11 is 1.68. The molecule has 2 N–H and O–H groups in total. The molecule has 0 fully saturated rings. The summed E-state index contributed by atoms with van der Waals surface area (Å²) in [6.45, 7) is 5.30. The zero-order valence-corrected chi connectivity index (χ0v) is 12.2. The predicted octanol–water partition coefficient (Wildman–Crippen LogP) is 3.49. The topological polar surface area (TPSA) is 42.2 Å². The summed E-state index contributed by atoms with van der Waals surface area (Å²) in [7, 11) is 0. The van der Waals surface area contributed by atoms with Crippen LogP contribution in [0.5, 0.6) is 0 Å². The lowest BCUT2D eigenvalue weighted by Crippen LogP contribution is -2.30. The minimum Gasteiger partial charge on any atom is -0.323 e. The Morgan fingerprint density at radius 2 is 2.21 bits per heavy atom. The Labute approximate surface area is 118 Å². The molecule has 2 heterocycles. The standard InChI is InChI=1S/C15H19N3S/c1-10-7-12-5-3-4-6-14(12)18(8-10)15-17-13(9-19-15)11(2)16/h3-6,9-11H,7-8,16H2,1-2H3. The van der Waals surface area contributed by atoms with Crippen molar-refractivity contribution in [2.75, 3.05) is 11.4 Å².